The zero-order chi connectivity index (χ0) is 20.5. The Labute approximate surface area is 173 Å². The van der Waals surface area contributed by atoms with Crippen molar-refractivity contribution in [2.75, 3.05) is 6.67 Å². The Kier molecular flexibility index (Phi) is 7.99. The average Bonchev–Trinajstić information content (AvgIpc) is 2.76. The first kappa shape index (κ1) is 21.2. The first-order chi connectivity index (χ1) is 14.2. The molecule has 1 aliphatic rings. The summed E-state index contributed by atoms with van der Waals surface area (Å²) in [6.07, 6.45) is 13.3. The van der Waals surface area contributed by atoms with Gasteiger partial charge in [0.15, 0.2) is 0 Å². The van der Waals surface area contributed by atoms with Gasteiger partial charge in [-0.05, 0) is 92.0 Å². The molecular formula is C26H29F2N. The van der Waals surface area contributed by atoms with Gasteiger partial charge in [-0.25, -0.2) is 4.39 Å². The number of unbranched alkanes of at least 4 members (excludes halogenated alkanes) is 1. The number of nitriles is 1. The molecule has 2 aromatic rings. The normalized spacial score (nSPS) is 19.3. The number of allylic oxidation sites excluding steroid dienone is 2. The Morgan fingerprint density at radius 2 is 1.72 bits per heavy atom. The van der Waals surface area contributed by atoms with E-state index in [0.717, 1.165) is 29.9 Å². The minimum atomic E-state index is -0.470. The molecule has 0 N–H and O–H groups in total. The van der Waals surface area contributed by atoms with Gasteiger partial charge in [0.1, 0.15) is 11.9 Å². The summed E-state index contributed by atoms with van der Waals surface area (Å²) in [5.41, 5.74) is 3.16. The minimum absolute atomic E-state index is 0.0790. The van der Waals surface area contributed by atoms with Crippen LogP contribution in [-0.2, 0) is 6.42 Å². The van der Waals surface area contributed by atoms with E-state index in [-0.39, 0.29) is 12.2 Å². The van der Waals surface area contributed by atoms with Crippen molar-refractivity contribution in [1.82, 2.24) is 0 Å². The van der Waals surface area contributed by atoms with Crippen LogP contribution in [0.15, 0.2) is 54.6 Å². The third kappa shape index (κ3) is 6.26. The van der Waals surface area contributed by atoms with Crippen molar-refractivity contribution in [3.63, 3.8) is 0 Å². The van der Waals surface area contributed by atoms with Gasteiger partial charge in [0.05, 0.1) is 12.2 Å². The highest BCUT2D eigenvalue weighted by molar-refractivity contribution is 5.64. The predicted molar refractivity (Wildman–Crippen MR) is 115 cm³/mol. The van der Waals surface area contributed by atoms with E-state index in [1.807, 2.05) is 18.2 Å². The largest absolute Gasteiger partial charge is 0.251 e. The van der Waals surface area contributed by atoms with Crippen molar-refractivity contribution in [3.05, 3.63) is 71.6 Å². The van der Waals surface area contributed by atoms with Crippen LogP contribution in [0, 0.1) is 29.0 Å². The summed E-state index contributed by atoms with van der Waals surface area (Å²) >= 11 is 0. The Morgan fingerprint density at radius 1 is 1.00 bits per heavy atom. The van der Waals surface area contributed by atoms with Gasteiger partial charge in [0.25, 0.3) is 0 Å². The fourth-order valence-electron chi connectivity index (χ4n) is 4.17. The lowest BCUT2D eigenvalue weighted by Gasteiger charge is -2.26. The third-order valence-electron chi connectivity index (χ3n) is 6.02. The Bertz CT molecular complexity index is 840. The molecule has 0 spiro atoms. The van der Waals surface area contributed by atoms with E-state index in [4.69, 9.17) is 5.26 Å². The molecule has 3 heteroatoms. The molecule has 0 heterocycles. The molecule has 2 aromatic carbocycles. The van der Waals surface area contributed by atoms with Crippen LogP contribution in [0.4, 0.5) is 8.78 Å². The highest BCUT2D eigenvalue weighted by Gasteiger charge is 2.19. The molecule has 0 radical (unpaired) electrons. The number of nitrogens with zero attached hydrogens (tertiary/aromatic N) is 1. The second-order valence-electron chi connectivity index (χ2n) is 8.08. The molecule has 0 unspecified atom stereocenters. The van der Waals surface area contributed by atoms with E-state index in [1.54, 1.807) is 6.07 Å². The highest BCUT2D eigenvalue weighted by atomic mass is 19.1. The smallest absolute Gasteiger partial charge is 0.141 e. The van der Waals surface area contributed by atoms with Crippen LogP contribution in [0.25, 0.3) is 11.1 Å². The molecule has 29 heavy (non-hydrogen) atoms. The fraction of sp³-hybridized carbons (Fsp3) is 0.423. The third-order valence-corrected chi connectivity index (χ3v) is 6.02. The second-order valence-corrected chi connectivity index (χ2v) is 8.08. The van der Waals surface area contributed by atoms with Gasteiger partial charge in [-0.1, -0.05) is 42.5 Å². The van der Waals surface area contributed by atoms with Crippen LogP contribution in [0.5, 0.6) is 0 Å². The van der Waals surface area contributed by atoms with Gasteiger partial charge in [-0.3, -0.25) is 4.39 Å². The second kappa shape index (κ2) is 10.9. The summed E-state index contributed by atoms with van der Waals surface area (Å²) in [4.78, 5) is 0. The molecule has 0 amide bonds. The molecule has 0 saturated heterocycles. The van der Waals surface area contributed by atoms with Crippen LogP contribution in [0.2, 0.25) is 0 Å². The predicted octanol–water partition coefficient (Wildman–Crippen LogP) is 7.41. The maximum absolute atomic E-state index is 13.8. The minimum Gasteiger partial charge on any atom is -0.251 e. The number of alkyl halides is 1. The van der Waals surface area contributed by atoms with Crippen molar-refractivity contribution < 1.29 is 8.78 Å². The number of hydrogen-bond donors (Lipinski definition) is 0. The van der Waals surface area contributed by atoms with Crippen molar-refractivity contribution >= 4 is 0 Å². The molecule has 0 atom stereocenters. The lowest BCUT2D eigenvalue weighted by atomic mass is 9.79. The number of halogens is 2. The Balaban J connectivity index is 1.46. The van der Waals surface area contributed by atoms with Crippen LogP contribution in [0.3, 0.4) is 0 Å². The summed E-state index contributed by atoms with van der Waals surface area (Å²) < 4.78 is 26.0. The van der Waals surface area contributed by atoms with Gasteiger partial charge in [0, 0.05) is 0 Å². The van der Waals surface area contributed by atoms with E-state index in [1.165, 1.54) is 49.8 Å². The number of hydrogen-bond acceptors (Lipinski definition) is 1. The maximum atomic E-state index is 13.8. The van der Waals surface area contributed by atoms with Crippen molar-refractivity contribution in [2.45, 2.75) is 51.4 Å². The molecule has 0 aromatic heterocycles. The molecule has 1 fully saturated rings. The van der Waals surface area contributed by atoms with Crippen LogP contribution in [0.1, 0.15) is 56.1 Å². The summed E-state index contributed by atoms with van der Waals surface area (Å²) in [5, 5.41) is 8.85. The first-order valence-corrected chi connectivity index (χ1v) is 10.7. The molecule has 152 valence electrons. The van der Waals surface area contributed by atoms with Crippen LogP contribution < -0.4 is 0 Å². The number of rotatable bonds is 8. The Morgan fingerprint density at radius 3 is 2.38 bits per heavy atom. The monoisotopic (exact) mass is 393 g/mol. The van der Waals surface area contributed by atoms with E-state index in [0.29, 0.717) is 12.3 Å². The maximum Gasteiger partial charge on any atom is 0.141 e. The summed E-state index contributed by atoms with van der Waals surface area (Å²) in [6, 6.07) is 14.9. The number of aryl methyl sites for hydroxylation is 1. The lowest BCUT2D eigenvalue weighted by Crippen LogP contribution is -2.13. The van der Waals surface area contributed by atoms with Crippen LogP contribution in [-0.4, -0.2) is 6.67 Å². The highest BCUT2D eigenvalue weighted by Crippen LogP contribution is 2.32. The van der Waals surface area contributed by atoms with Gasteiger partial charge in [-0.15, -0.1) is 0 Å². The summed E-state index contributed by atoms with van der Waals surface area (Å²) in [6.45, 7) is -0.220. The van der Waals surface area contributed by atoms with Crippen molar-refractivity contribution in [1.29, 1.82) is 5.26 Å². The van der Waals surface area contributed by atoms with Crippen molar-refractivity contribution in [2.24, 2.45) is 11.8 Å². The van der Waals surface area contributed by atoms with Gasteiger partial charge in [0.2, 0.25) is 0 Å². The molecule has 1 saturated carbocycles. The van der Waals surface area contributed by atoms with Gasteiger partial charge < -0.3 is 0 Å². The standard InChI is InChI=1S/C26H29F2N/c27-17-3-1-2-4-20-5-7-21(8-6-20)9-10-22-11-13-23(14-12-22)24-15-16-25(19-29)26(28)18-24/h2,4,11-16,18,20-21H,1,3,5-10,17H2/b4-2+/t20-,21-. The van der Waals surface area contributed by atoms with E-state index >= 15 is 0 Å². The summed E-state index contributed by atoms with van der Waals surface area (Å²) in [5.74, 6) is 0.998. The molecule has 0 aliphatic heterocycles. The molecule has 0 bridgehead atoms. The average molecular weight is 394 g/mol. The Hall–Kier alpha value is -2.47. The molecule has 3 rings (SSSR count). The lowest BCUT2D eigenvalue weighted by molar-refractivity contribution is 0.296. The molecule has 1 nitrogen and oxygen atoms in total. The van der Waals surface area contributed by atoms with E-state index < -0.39 is 5.82 Å². The molecule has 1 aliphatic carbocycles. The molecular weight excluding hydrogens is 364 g/mol. The summed E-state index contributed by atoms with van der Waals surface area (Å²) in [7, 11) is 0. The quantitative estimate of drug-likeness (QED) is 0.338. The number of benzene rings is 2. The zero-order valence-corrected chi connectivity index (χ0v) is 16.9. The van der Waals surface area contributed by atoms with E-state index in [9.17, 15) is 8.78 Å². The zero-order valence-electron chi connectivity index (χ0n) is 16.9. The van der Waals surface area contributed by atoms with Gasteiger partial charge in [-0.2, -0.15) is 5.26 Å². The van der Waals surface area contributed by atoms with Crippen molar-refractivity contribution in [3.8, 4) is 17.2 Å². The fourth-order valence-corrected chi connectivity index (χ4v) is 4.17. The first-order valence-electron chi connectivity index (χ1n) is 10.7. The van der Waals surface area contributed by atoms with Crippen LogP contribution >= 0.6 is 0 Å². The SMILES string of the molecule is N#Cc1ccc(-c2ccc(CC[C@H]3CC[C@H](/C=C/CCCF)CC3)cc2)cc1F. The van der Waals surface area contributed by atoms with E-state index in [2.05, 4.69) is 24.3 Å². The van der Waals surface area contributed by atoms with Gasteiger partial charge >= 0.3 is 0 Å². The topological polar surface area (TPSA) is 23.8 Å².